The molecule has 0 unspecified atom stereocenters. The van der Waals surface area contributed by atoms with E-state index in [0.29, 0.717) is 13.2 Å². The Morgan fingerprint density at radius 3 is 2.55 bits per heavy atom. The minimum Gasteiger partial charge on any atom is -0.493 e. The molecule has 4 nitrogen and oxygen atoms in total. The maximum atomic E-state index is 11.9. The van der Waals surface area contributed by atoms with Crippen molar-refractivity contribution in [2.45, 2.75) is 46.1 Å². The summed E-state index contributed by atoms with van der Waals surface area (Å²) in [4.78, 5) is 11.9. The molecule has 4 heteroatoms. The van der Waals surface area contributed by atoms with Crippen LogP contribution < -0.4 is 10.3 Å². The van der Waals surface area contributed by atoms with Crippen molar-refractivity contribution in [1.29, 1.82) is 0 Å². The van der Waals surface area contributed by atoms with Crippen molar-refractivity contribution in [3.8, 4) is 5.75 Å². The summed E-state index contributed by atoms with van der Waals surface area (Å²) in [5, 5.41) is 4.45. The molecule has 0 aliphatic rings. The number of para-hydroxylation sites is 1. The largest absolute Gasteiger partial charge is 0.493 e. The van der Waals surface area contributed by atoms with Crippen LogP contribution in [0.3, 0.4) is 0 Å². The first-order chi connectivity index (χ1) is 10.4. The van der Waals surface area contributed by atoms with Gasteiger partial charge in [0.1, 0.15) is 5.75 Å². The summed E-state index contributed by atoms with van der Waals surface area (Å²) in [6.45, 7) is 9.42. The highest BCUT2D eigenvalue weighted by atomic mass is 16.5. The van der Waals surface area contributed by atoms with Crippen LogP contribution in [-0.2, 0) is 12.0 Å². The van der Waals surface area contributed by atoms with E-state index in [0.717, 1.165) is 23.4 Å². The van der Waals surface area contributed by atoms with Gasteiger partial charge in [-0.25, -0.2) is 4.68 Å². The maximum absolute atomic E-state index is 11.9. The van der Waals surface area contributed by atoms with Gasteiger partial charge in [-0.2, -0.15) is 5.10 Å². The predicted molar refractivity (Wildman–Crippen MR) is 88.5 cm³/mol. The zero-order valence-corrected chi connectivity index (χ0v) is 13.8. The van der Waals surface area contributed by atoms with E-state index >= 15 is 0 Å². The lowest BCUT2D eigenvalue weighted by molar-refractivity contribution is 0.294. The van der Waals surface area contributed by atoms with Crippen LogP contribution in [0.5, 0.6) is 5.75 Å². The molecule has 0 amide bonds. The molecule has 2 rings (SSSR count). The fourth-order valence-corrected chi connectivity index (χ4v) is 2.12. The Morgan fingerprint density at radius 1 is 1.14 bits per heavy atom. The Bertz CT molecular complexity index is 684. The first-order valence-corrected chi connectivity index (χ1v) is 7.65. The molecule has 0 bridgehead atoms. The van der Waals surface area contributed by atoms with Gasteiger partial charge in [0.15, 0.2) is 0 Å². The molecule has 0 aliphatic carbocycles. The average molecular weight is 300 g/mol. The van der Waals surface area contributed by atoms with E-state index in [9.17, 15) is 4.79 Å². The number of hydrogen-bond acceptors (Lipinski definition) is 3. The van der Waals surface area contributed by atoms with Gasteiger partial charge in [0.25, 0.3) is 5.56 Å². The van der Waals surface area contributed by atoms with Gasteiger partial charge in [-0.1, -0.05) is 39.0 Å². The number of aryl methyl sites for hydroxylation is 2. The Balaban J connectivity index is 1.95. The summed E-state index contributed by atoms with van der Waals surface area (Å²) < 4.78 is 7.28. The van der Waals surface area contributed by atoms with Gasteiger partial charge in [-0.15, -0.1) is 0 Å². The molecule has 1 heterocycles. The summed E-state index contributed by atoms with van der Waals surface area (Å²) in [6.07, 6.45) is 0.745. The second-order valence-electron chi connectivity index (χ2n) is 6.50. The van der Waals surface area contributed by atoms with Crippen molar-refractivity contribution in [2.75, 3.05) is 6.61 Å². The van der Waals surface area contributed by atoms with E-state index in [-0.39, 0.29) is 11.0 Å². The summed E-state index contributed by atoms with van der Waals surface area (Å²) in [7, 11) is 0. The highest BCUT2D eigenvalue weighted by molar-refractivity contribution is 5.31. The lowest BCUT2D eigenvalue weighted by Gasteiger charge is -2.18. The number of benzene rings is 1. The molecule has 0 atom stereocenters. The first-order valence-electron chi connectivity index (χ1n) is 7.65. The molecular weight excluding hydrogens is 276 g/mol. The molecule has 0 saturated heterocycles. The molecule has 0 radical (unpaired) electrons. The zero-order chi connectivity index (χ0) is 16.2. The summed E-state index contributed by atoms with van der Waals surface area (Å²) >= 11 is 0. The van der Waals surface area contributed by atoms with Crippen LogP contribution in [-0.4, -0.2) is 16.4 Å². The van der Waals surface area contributed by atoms with Crippen molar-refractivity contribution >= 4 is 0 Å². The Morgan fingerprint density at radius 2 is 1.86 bits per heavy atom. The third-order valence-electron chi connectivity index (χ3n) is 3.50. The van der Waals surface area contributed by atoms with Crippen LogP contribution in [0.4, 0.5) is 0 Å². The molecule has 0 spiro atoms. The topological polar surface area (TPSA) is 44.1 Å². The van der Waals surface area contributed by atoms with E-state index in [4.69, 9.17) is 4.74 Å². The minimum absolute atomic E-state index is 0.0624. The Labute approximate surface area is 131 Å². The van der Waals surface area contributed by atoms with Gasteiger partial charge < -0.3 is 4.74 Å². The Kier molecular flexibility index (Phi) is 5.01. The van der Waals surface area contributed by atoms with Crippen LogP contribution in [0.15, 0.2) is 41.2 Å². The SMILES string of the molecule is Cc1ccccc1OCCCn1nc(C(C)(C)C)ccc1=O. The van der Waals surface area contributed by atoms with Crippen LogP contribution in [0.2, 0.25) is 0 Å². The molecule has 0 aliphatic heterocycles. The lowest BCUT2D eigenvalue weighted by atomic mass is 9.92. The fraction of sp³-hybridized carbons (Fsp3) is 0.444. The van der Waals surface area contributed by atoms with Gasteiger partial charge >= 0.3 is 0 Å². The van der Waals surface area contributed by atoms with E-state index < -0.39 is 0 Å². The quantitative estimate of drug-likeness (QED) is 0.796. The van der Waals surface area contributed by atoms with Crippen LogP contribution >= 0.6 is 0 Å². The molecule has 2 aromatic rings. The number of rotatable bonds is 5. The van der Waals surface area contributed by atoms with Gasteiger partial charge in [-0.3, -0.25) is 4.79 Å². The lowest BCUT2D eigenvalue weighted by Crippen LogP contribution is -2.27. The molecule has 0 N–H and O–H groups in total. The number of hydrogen-bond donors (Lipinski definition) is 0. The molecule has 22 heavy (non-hydrogen) atoms. The highest BCUT2D eigenvalue weighted by Crippen LogP contribution is 2.18. The molecule has 0 saturated carbocycles. The third-order valence-corrected chi connectivity index (χ3v) is 3.50. The van der Waals surface area contributed by atoms with Gasteiger partial charge in [0.05, 0.1) is 12.3 Å². The Hall–Kier alpha value is -2.10. The van der Waals surface area contributed by atoms with Gasteiger partial charge in [-0.05, 0) is 24.6 Å². The molecule has 0 fully saturated rings. The number of ether oxygens (including phenoxy) is 1. The van der Waals surface area contributed by atoms with Crippen LogP contribution in [0.25, 0.3) is 0 Å². The minimum atomic E-state index is -0.0658. The first kappa shape index (κ1) is 16.3. The van der Waals surface area contributed by atoms with Gasteiger partial charge in [0.2, 0.25) is 0 Å². The van der Waals surface area contributed by atoms with Crippen molar-refractivity contribution in [3.63, 3.8) is 0 Å². The van der Waals surface area contributed by atoms with E-state index in [1.807, 2.05) is 37.3 Å². The smallest absolute Gasteiger partial charge is 0.266 e. The summed E-state index contributed by atoms with van der Waals surface area (Å²) in [6, 6.07) is 11.3. The standard InChI is InChI=1S/C18H24N2O2/c1-14-8-5-6-9-15(14)22-13-7-12-20-17(21)11-10-16(19-20)18(2,3)4/h5-6,8-11H,7,12-13H2,1-4H3. The van der Waals surface area contributed by atoms with Crippen molar-refractivity contribution in [3.05, 3.63) is 58.0 Å². The zero-order valence-electron chi connectivity index (χ0n) is 13.8. The molecule has 118 valence electrons. The fourth-order valence-electron chi connectivity index (χ4n) is 2.12. The number of aromatic nitrogens is 2. The van der Waals surface area contributed by atoms with Gasteiger partial charge in [0, 0.05) is 24.4 Å². The summed E-state index contributed by atoms with van der Waals surface area (Å²) in [5.41, 5.74) is 1.91. The van der Waals surface area contributed by atoms with Crippen molar-refractivity contribution < 1.29 is 4.74 Å². The van der Waals surface area contributed by atoms with E-state index in [2.05, 4.69) is 25.9 Å². The van der Waals surface area contributed by atoms with E-state index in [1.165, 1.54) is 4.68 Å². The van der Waals surface area contributed by atoms with E-state index in [1.54, 1.807) is 6.07 Å². The van der Waals surface area contributed by atoms with Crippen LogP contribution in [0, 0.1) is 6.92 Å². The average Bonchev–Trinajstić information content (AvgIpc) is 2.45. The third kappa shape index (κ3) is 4.20. The maximum Gasteiger partial charge on any atom is 0.266 e. The second kappa shape index (κ2) is 6.77. The molecular formula is C18H24N2O2. The van der Waals surface area contributed by atoms with Crippen LogP contribution in [0.1, 0.15) is 38.4 Å². The molecule has 1 aromatic carbocycles. The monoisotopic (exact) mass is 300 g/mol. The summed E-state index contributed by atoms with van der Waals surface area (Å²) in [5.74, 6) is 0.895. The van der Waals surface area contributed by atoms with Crippen molar-refractivity contribution in [1.82, 2.24) is 9.78 Å². The predicted octanol–water partition coefficient (Wildman–Crippen LogP) is 3.32. The van der Waals surface area contributed by atoms with Crippen molar-refractivity contribution in [2.24, 2.45) is 0 Å². The molecule has 1 aromatic heterocycles. The normalized spacial score (nSPS) is 11.5. The number of nitrogens with zero attached hydrogens (tertiary/aromatic N) is 2. The highest BCUT2D eigenvalue weighted by Gasteiger charge is 2.16. The second-order valence-corrected chi connectivity index (χ2v) is 6.50.